The van der Waals surface area contributed by atoms with Crippen LogP contribution in [0, 0.1) is 12.3 Å². The predicted molar refractivity (Wildman–Crippen MR) is 90.9 cm³/mol. The Bertz CT molecular complexity index is 805. The fourth-order valence-electron chi connectivity index (χ4n) is 2.91. The molecule has 1 unspecified atom stereocenters. The lowest BCUT2D eigenvalue weighted by Gasteiger charge is -2.12. The average Bonchev–Trinajstić information content (AvgIpc) is 2.53. The molecule has 0 spiro atoms. The van der Waals surface area contributed by atoms with E-state index >= 15 is 0 Å². The van der Waals surface area contributed by atoms with Crippen LogP contribution in [0.5, 0.6) is 0 Å². The molecule has 0 fully saturated rings. The monoisotopic (exact) mass is 271 g/mol. The van der Waals surface area contributed by atoms with Crippen LogP contribution in [-0.4, -0.2) is 0 Å². The first-order valence-electron chi connectivity index (χ1n) is 7.66. The van der Waals surface area contributed by atoms with Crippen LogP contribution in [0.4, 0.5) is 0 Å². The van der Waals surface area contributed by atoms with Gasteiger partial charge in [-0.15, -0.1) is 0 Å². The molecule has 1 atom stereocenters. The van der Waals surface area contributed by atoms with Crippen LogP contribution in [-0.2, 0) is 0 Å². The Kier molecular flexibility index (Phi) is 3.93. The van der Waals surface area contributed by atoms with E-state index in [9.17, 15) is 0 Å². The van der Waals surface area contributed by atoms with Crippen molar-refractivity contribution in [3.8, 4) is 5.92 Å². The summed E-state index contributed by atoms with van der Waals surface area (Å²) in [5.74, 6) is 2.83. The van der Waals surface area contributed by atoms with Gasteiger partial charge in [0.15, 0.2) is 0 Å². The van der Waals surface area contributed by atoms with Gasteiger partial charge in [0.1, 0.15) is 0 Å². The van der Waals surface area contributed by atoms with Crippen molar-refractivity contribution in [2.45, 2.75) is 32.1 Å². The van der Waals surface area contributed by atoms with E-state index < -0.39 is 0 Å². The summed E-state index contributed by atoms with van der Waals surface area (Å²) in [4.78, 5) is 0. The smallest absolute Gasteiger partial charge is 0.0462 e. The van der Waals surface area contributed by atoms with Crippen LogP contribution in [0.2, 0.25) is 0 Å². The largest absolute Gasteiger partial charge is 0.0809 e. The number of unbranched alkanes of at least 4 members (excludes halogenated alkanes) is 1. The van der Waals surface area contributed by atoms with Crippen LogP contribution in [0.1, 0.15) is 37.7 Å². The summed E-state index contributed by atoms with van der Waals surface area (Å²) < 4.78 is 0. The van der Waals surface area contributed by atoms with Gasteiger partial charge in [-0.2, -0.15) is 0 Å². The average molecular weight is 271 g/mol. The van der Waals surface area contributed by atoms with Crippen LogP contribution >= 0.6 is 0 Å². The number of rotatable bonds is 4. The zero-order valence-corrected chi connectivity index (χ0v) is 12.4. The van der Waals surface area contributed by atoms with Crippen molar-refractivity contribution < 1.29 is 0 Å². The van der Waals surface area contributed by atoms with Gasteiger partial charge in [-0.05, 0) is 58.2 Å². The molecule has 3 rings (SSSR count). The molecule has 0 amide bonds. The van der Waals surface area contributed by atoms with Gasteiger partial charge in [0.2, 0.25) is 0 Å². The lowest BCUT2D eigenvalue weighted by molar-refractivity contribution is 0.676. The van der Waals surface area contributed by atoms with Crippen molar-refractivity contribution in [2.75, 3.05) is 0 Å². The van der Waals surface area contributed by atoms with E-state index in [0.717, 1.165) is 19.3 Å². The maximum Gasteiger partial charge on any atom is 0.0462 e. The maximum absolute atomic E-state index is 7.57. The first kappa shape index (κ1) is 13.7. The van der Waals surface area contributed by atoms with Crippen molar-refractivity contribution in [2.24, 2.45) is 0 Å². The van der Waals surface area contributed by atoms with Crippen molar-refractivity contribution in [1.82, 2.24) is 0 Å². The van der Waals surface area contributed by atoms with E-state index in [1.54, 1.807) is 0 Å². The highest BCUT2D eigenvalue weighted by atomic mass is 14.1. The first-order valence-corrected chi connectivity index (χ1v) is 7.66. The molecule has 21 heavy (non-hydrogen) atoms. The van der Waals surface area contributed by atoms with E-state index in [2.05, 4.69) is 67.4 Å². The molecule has 0 aromatic heterocycles. The quantitative estimate of drug-likeness (QED) is 0.412. The summed E-state index contributed by atoms with van der Waals surface area (Å²) in [7, 11) is 0. The number of hydrogen-bond donors (Lipinski definition) is 0. The third-order valence-electron chi connectivity index (χ3n) is 4.15. The molecule has 0 nitrogen and oxygen atoms in total. The number of fused-ring (bicyclic) bond motifs is 2. The minimum absolute atomic E-state index is 0.126. The summed E-state index contributed by atoms with van der Waals surface area (Å²) in [5, 5.41) is 5.06. The van der Waals surface area contributed by atoms with E-state index in [0.29, 0.717) is 0 Å². The zero-order valence-electron chi connectivity index (χ0n) is 12.4. The van der Waals surface area contributed by atoms with Crippen LogP contribution in [0.15, 0.2) is 54.6 Å². The first-order chi connectivity index (χ1) is 10.3. The Hall–Kier alpha value is -2.26. The van der Waals surface area contributed by atoms with Gasteiger partial charge in [0.05, 0.1) is 0 Å². The highest BCUT2D eigenvalue weighted by Gasteiger charge is 2.09. The van der Waals surface area contributed by atoms with Gasteiger partial charge in [-0.1, -0.05) is 62.1 Å². The molecule has 0 bridgehead atoms. The van der Waals surface area contributed by atoms with Crippen LogP contribution in [0.3, 0.4) is 0 Å². The molecule has 103 valence electrons. The molecule has 0 N–H and O–H groups in total. The third kappa shape index (κ3) is 2.78. The van der Waals surface area contributed by atoms with Crippen molar-refractivity contribution >= 4 is 21.5 Å². The third-order valence-corrected chi connectivity index (χ3v) is 4.15. The summed E-state index contributed by atoms with van der Waals surface area (Å²) in [6.07, 6.45) is 10.9. The minimum atomic E-state index is 0.126. The van der Waals surface area contributed by atoms with Crippen molar-refractivity contribution in [3.05, 3.63) is 66.6 Å². The summed E-state index contributed by atoms with van der Waals surface area (Å²) >= 11 is 0. The second kappa shape index (κ2) is 6.02. The molecule has 1 radical (unpaired) electrons. The standard InChI is InChI=1S/C21H19/c1-3-5-8-16(4-2)19-11-12-20-13-17-9-6-7-10-18(17)14-21(20)15-19/h6-7,9-16H,3,5,8H2,1H3. The second-order valence-electron chi connectivity index (χ2n) is 5.65. The Morgan fingerprint density at radius 2 is 1.57 bits per heavy atom. The van der Waals surface area contributed by atoms with Gasteiger partial charge >= 0.3 is 0 Å². The fraction of sp³-hybridized carbons (Fsp3) is 0.238. The molecule has 0 heteroatoms. The van der Waals surface area contributed by atoms with Gasteiger partial charge in [0.25, 0.3) is 0 Å². The topological polar surface area (TPSA) is 0 Å². The lowest BCUT2D eigenvalue weighted by atomic mass is 9.92. The second-order valence-corrected chi connectivity index (χ2v) is 5.65. The molecule has 0 heterocycles. The predicted octanol–water partition coefficient (Wildman–Crippen LogP) is 5.86. The van der Waals surface area contributed by atoms with E-state index in [1.807, 2.05) is 0 Å². The lowest BCUT2D eigenvalue weighted by Crippen LogP contribution is -1.95. The van der Waals surface area contributed by atoms with Gasteiger partial charge in [-0.25, -0.2) is 0 Å². The molecule has 3 aromatic rings. The molecular weight excluding hydrogens is 252 g/mol. The Morgan fingerprint density at radius 3 is 2.24 bits per heavy atom. The van der Waals surface area contributed by atoms with E-state index in [4.69, 9.17) is 6.42 Å². The van der Waals surface area contributed by atoms with Gasteiger partial charge < -0.3 is 0 Å². The Morgan fingerprint density at radius 1 is 0.905 bits per heavy atom. The van der Waals surface area contributed by atoms with Gasteiger partial charge in [-0.3, -0.25) is 0 Å². The molecule has 0 aliphatic rings. The van der Waals surface area contributed by atoms with E-state index in [-0.39, 0.29) is 5.92 Å². The normalized spacial score (nSPS) is 12.4. The molecule has 0 saturated carbocycles. The van der Waals surface area contributed by atoms with E-state index in [1.165, 1.54) is 27.1 Å². The molecule has 3 aromatic carbocycles. The summed E-state index contributed by atoms with van der Waals surface area (Å²) in [6.45, 7) is 2.19. The van der Waals surface area contributed by atoms with Crippen molar-refractivity contribution in [1.29, 1.82) is 0 Å². The SMILES string of the molecule is [C]#CC(CCCC)c1ccc2cc3ccccc3cc2c1. The highest BCUT2D eigenvalue weighted by molar-refractivity contribution is 5.98. The molecular formula is C21H19. The Labute approximate surface area is 126 Å². The fourth-order valence-corrected chi connectivity index (χ4v) is 2.91. The number of benzene rings is 3. The highest BCUT2D eigenvalue weighted by Crippen LogP contribution is 2.28. The molecule has 0 aliphatic heterocycles. The zero-order chi connectivity index (χ0) is 14.7. The van der Waals surface area contributed by atoms with Crippen LogP contribution in [0.25, 0.3) is 21.5 Å². The summed E-state index contributed by atoms with van der Waals surface area (Å²) in [6, 6.07) is 19.5. The Balaban J connectivity index is 2.06. The molecule has 0 aliphatic carbocycles. The van der Waals surface area contributed by atoms with Gasteiger partial charge in [0, 0.05) is 5.92 Å². The molecule has 0 saturated heterocycles. The number of hydrogen-bond acceptors (Lipinski definition) is 0. The van der Waals surface area contributed by atoms with Crippen LogP contribution < -0.4 is 0 Å². The summed E-state index contributed by atoms with van der Waals surface area (Å²) in [5.41, 5.74) is 1.21. The van der Waals surface area contributed by atoms with Crippen molar-refractivity contribution in [3.63, 3.8) is 0 Å². The maximum atomic E-state index is 7.57. The minimum Gasteiger partial charge on any atom is -0.0809 e.